The van der Waals surface area contributed by atoms with E-state index in [1.807, 2.05) is 0 Å². The van der Waals surface area contributed by atoms with E-state index in [0.717, 1.165) is 5.32 Å². The molecule has 0 aliphatic carbocycles. The van der Waals surface area contributed by atoms with Crippen LogP contribution in [0.25, 0.3) is 0 Å². The fourth-order valence-electron chi connectivity index (χ4n) is 0.826. The molecule has 0 spiro atoms. The molecule has 0 heterocycles. The van der Waals surface area contributed by atoms with E-state index in [4.69, 9.17) is 5.11 Å². The van der Waals surface area contributed by atoms with Crippen LogP contribution in [0.4, 0.5) is 27.6 Å². The van der Waals surface area contributed by atoms with Crippen LogP contribution in [0.5, 0.6) is 5.75 Å². The van der Waals surface area contributed by atoms with Crippen LogP contribution in [0.15, 0.2) is 12.1 Å². The first-order valence-electron chi connectivity index (χ1n) is 3.32. The fraction of sp³-hybridized carbons (Fsp3) is 0.143. The summed E-state index contributed by atoms with van der Waals surface area (Å²) in [5, 5.41) is 9.55. The van der Waals surface area contributed by atoms with Crippen LogP contribution < -0.4 is 5.32 Å². The Morgan fingerprint density at radius 1 is 1.14 bits per heavy atom. The molecule has 1 aromatic rings. The van der Waals surface area contributed by atoms with Crippen molar-refractivity contribution in [3.63, 3.8) is 0 Å². The first-order valence-corrected chi connectivity index (χ1v) is 3.32. The van der Waals surface area contributed by atoms with Crippen molar-refractivity contribution in [3.8, 4) is 5.75 Å². The average Bonchev–Trinajstić information content (AvgIpc) is 1.95. The number of halogens is 5. The molecular weight excluding hydrogens is 209 g/mol. The van der Waals surface area contributed by atoms with Gasteiger partial charge in [0.15, 0.2) is 5.82 Å². The molecule has 0 bridgehead atoms. The van der Waals surface area contributed by atoms with Gasteiger partial charge in [0.2, 0.25) is 0 Å². The highest BCUT2D eigenvalue weighted by Crippen LogP contribution is 2.31. The van der Waals surface area contributed by atoms with Crippen LogP contribution in [-0.4, -0.2) is 11.4 Å². The standard InChI is InChI=1S/C7H4F5NO/c8-3-1-4(9)6(5(14)2-3)13-7(10,11)12/h1-2,13-14H. The lowest BCUT2D eigenvalue weighted by Crippen LogP contribution is -2.21. The number of alkyl halides is 3. The molecular formula is C7H4F5NO. The van der Waals surface area contributed by atoms with Gasteiger partial charge in [-0.25, -0.2) is 8.78 Å². The van der Waals surface area contributed by atoms with Crippen molar-refractivity contribution in [3.05, 3.63) is 23.8 Å². The summed E-state index contributed by atoms with van der Waals surface area (Å²) in [6, 6.07) is 0.602. The number of rotatable bonds is 1. The van der Waals surface area contributed by atoms with Gasteiger partial charge in [-0.1, -0.05) is 0 Å². The summed E-state index contributed by atoms with van der Waals surface area (Å²) >= 11 is 0. The van der Waals surface area contributed by atoms with Gasteiger partial charge < -0.3 is 5.11 Å². The Balaban J connectivity index is 3.09. The number of phenols is 1. The number of nitrogens with one attached hydrogen (secondary N) is 1. The third kappa shape index (κ3) is 2.48. The van der Waals surface area contributed by atoms with Gasteiger partial charge in [0.25, 0.3) is 0 Å². The number of anilines is 1. The zero-order valence-electron chi connectivity index (χ0n) is 6.49. The lowest BCUT2D eigenvalue weighted by Gasteiger charge is -2.11. The SMILES string of the molecule is Oc1cc(F)cc(F)c1NC(F)(F)F. The van der Waals surface area contributed by atoms with E-state index in [1.54, 1.807) is 0 Å². The maximum atomic E-state index is 12.7. The predicted molar refractivity (Wildman–Crippen MR) is 37.7 cm³/mol. The molecule has 14 heavy (non-hydrogen) atoms. The van der Waals surface area contributed by atoms with Crippen molar-refractivity contribution in [2.45, 2.75) is 6.30 Å². The lowest BCUT2D eigenvalue weighted by atomic mass is 10.2. The monoisotopic (exact) mass is 213 g/mol. The predicted octanol–water partition coefficient (Wildman–Crippen LogP) is 2.60. The van der Waals surface area contributed by atoms with Gasteiger partial charge in [-0.3, -0.25) is 5.32 Å². The number of aromatic hydroxyl groups is 1. The molecule has 2 N–H and O–H groups in total. The van der Waals surface area contributed by atoms with E-state index in [0.29, 0.717) is 6.07 Å². The molecule has 1 aromatic carbocycles. The molecule has 0 amide bonds. The summed E-state index contributed by atoms with van der Waals surface area (Å²) in [6.45, 7) is 0. The second-order valence-corrected chi connectivity index (χ2v) is 2.40. The van der Waals surface area contributed by atoms with E-state index in [-0.39, 0.29) is 6.07 Å². The highest BCUT2D eigenvalue weighted by Gasteiger charge is 2.30. The van der Waals surface area contributed by atoms with E-state index in [2.05, 4.69) is 0 Å². The van der Waals surface area contributed by atoms with Crippen LogP contribution in [0, 0.1) is 11.6 Å². The van der Waals surface area contributed by atoms with Crippen LogP contribution in [0.1, 0.15) is 0 Å². The van der Waals surface area contributed by atoms with Gasteiger partial charge >= 0.3 is 6.30 Å². The molecule has 0 aromatic heterocycles. The van der Waals surface area contributed by atoms with Gasteiger partial charge in [-0.15, -0.1) is 0 Å². The van der Waals surface area contributed by atoms with Crippen molar-refractivity contribution in [2.75, 3.05) is 5.32 Å². The Kier molecular flexibility index (Phi) is 2.50. The minimum absolute atomic E-state index is 0.230. The molecule has 0 aliphatic heterocycles. The molecule has 0 atom stereocenters. The van der Waals surface area contributed by atoms with Gasteiger partial charge in [0.05, 0.1) is 0 Å². The van der Waals surface area contributed by atoms with E-state index < -0.39 is 29.4 Å². The zero-order chi connectivity index (χ0) is 10.9. The minimum atomic E-state index is -4.89. The molecule has 0 saturated carbocycles. The molecule has 78 valence electrons. The highest BCUT2D eigenvalue weighted by molar-refractivity contribution is 5.57. The average molecular weight is 213 g/mol. The van der Waals surface area contributed by atoms with Gasteiger partial charge in [0.1, 0.15) is 17.3 Å². The molecule has 2 nitrogen and oxygen atoms in total. The Labute approximate surface area is 75.0 Å². The topological polar surface area (TPSA) is 32.3 Å². The summed E-state index contributed by atoms with van der Waals surface area (Å²) < 4.78 is 60.2. The van der Waals surface area contributed by atoms with E-state index in [1.165, 1.54) is 0 Å². The largest absolute Gasteiger partial charge is 0.506 e. The third-order valence-corrected chi connectivity index (χ3v) is 1.30. The third-order valence-electron chi connectivity index (χ3n) is 1.30. The van der Waals surface area contributed by atoms with Gasteiger partial charge in [-0.05, 0) is 0 Å². The number of hydrogen-bond acceptors (Lipinski definition) is 2. The Morgan fingerprint density at radius 3 is 2.14 bits per heavy atom. The molecule has 0 saturated heterocycles. The molecule has 7 heteroatoms. The van der Waals surface area contributed by atoms with E-state index >= 15 is 0 Å². The molecule has 1 rings (SSSR count). The lowest BCUT2D eigenvalue weighted by molar-refractivity contribution is -0.100. The Bertz CT molecular complexity index is 325. The summed E-state index contributed by atoms with van der Waals surface area (Å²) in [4.78, 5) is 0. The summed E-state index contributed by atoms with van der Waals surface area (Å²) in [6.07, 6.45) is -4.89. The molecule has 0 radical (unpaired) electrons. The Morgan fingerprint density at radius 2 is 1.71 bits per heavy atom. The second-order valence-electron chi connectivity index (χ2n) is 2.40. The van der Waals surface area contributed by atoms with Crippen LogP contribution in [-0.2, 0) is 0 Å². The van der Waals surface area contributed by atoms with Crippen molar-refractivity contribution in [1.82, 2.24) is 0 Å². The van der Waals surface area contributed by atoms with Crippen LogP contribution >= 0.6 is 0 Å². The normalized spacial score (nSPS) is 11.5. The van der Waals surface area contributed by atoms with Crippen LogP contribution in [0.2, 0.25) is 0 Å². The van der Waals surface area contributed by atoms with Crippen molar-refractivity contribution in [1.29, 1.82) is 0 Å². The van der Waals surface area contributed by atoms with Gasteiger partial charge in [0, 0.05) is 12.1 Å². The quantitative estimate of drug-likeness (QED) is 0.427. The Hall–Kier alpha value is -1.53. The first kappa shape index (κ1) is 10.6. The smallest absolute Gasteiger partial charge is 0.482 e. The number of hydrogen-bond donors (Lipinski definition) is 2. The fourth-order valence-corrected chi connectivity index (χ4v) is 0.826. The summed E-state index contributed by atoms with van der Waals surface area (Å²) in [5.74, 6) is -3.81. The van der Waals surface area contributed by atoms with Gasteiger partial charge in [-0.2, -0.15) is 13.2 Å². The maximum Gasteiger partial charge on any atom is 0.482 e. The van der Waals surface area contributed by atoms with Crippen molar-refractivity contribution < 1.29 is 27.1 Å². The first-order chi connectivity index (χ1) is 6.29. The minimum Gasteiger partial charge on any atom is -0.506 e. The van der Waals surface area contributed by atoms with Crippen molar-refractivity contribution in [2.24, 2.45) is 0 Å². The number of benzene rings is 1. The number of phenolic OH excluding ortho intramolecular Hbond substituents is 1. The summed E-state index contributed by atoms with van der Waals surface area (Å²) in [7, 11) is 0. The summed E-state index contributed by atoms with van der Waals surface area (Å²) in [5.41, 5.74) is -1.20. The molecule has 0 aliphatic rings. The molecule has 0 fully saturated rings. The maximum absolute atomic E-state index is 12.7. The van der Waals surface area contributed by atoms with Crippen LogP contribution in [0.3, 0.4) is 0 Å². The second kappa shape index (κ2) is 3.32. The van der Waals surface area contributed by atoms with Crippen molar-refractivity contribution >= 4 is 5.69 Å². The molecule has 0 unspecified atom stereocenters. The van der Waals surface area contributed by atoms with E-state index in [9.17, 15) is 22.0 Å². The highest BCUT2D eigenvalue weighted by atomic mass is 19.4. The zero-order valence-corrected chi connectivity index (χ0v) is 6.49.